The van der Waals surface area contributed by atoms with Crippen LogP contribution < -0.4 is 4.74 Å². The number of ether oxygens (including phenoxy) is 1. The summed E-state index contributed by atoms with van der Waals surface area (Å²) in [7, 11) is 1.73. The number of piperidine rings is 1. The molecule has 1 aliphatic rings. The van der Waals surface area contributed by atoms with Crippen LogP contribution in [-0.4, -0.2) is 35.3 Å². The molecule has 3 heterocycles. The van der Waals surface area contributed by atoms with Gasteiger partial charge in [0.05, 0.1) is 12.0 Å². The average Bonchev–Trinajstić information content (AvgIpc) is 3.31. The number of thiophene rings is 1. The molecule has 1 fully saturated rings. The number of para-hydroxylation sites is 1. The highest BCUT2D eigenvalue weighted by molar-refractivity contribution is 7.13. The molecule has 0 aliphatic carbocycles. The maximum Gasteiger partial charge on any atom is 0.258 e. The topological polar surface area (TPSA) is 51.4 Å². The van der Waals surface area contributed by atoms with Crippen molar-refractivity contribution in [3.63, 3.8) is 0 Å². The fourth-order valence-electron chi connectivity index (χ4n) is 3.50. The molecule has 5 nitrogen and oxygen atoms in total. The maximum atomic E-state index is 5.99. The van der Waals surface area contributed by atoms with E-state index in [2.05, 4.69) is 45.6 Å². The van der Waals surface area contributed by atoms with Crippen LogP contribution in [0.1, 0.15) is 35.8 Å². The van der Waals surface area contributed by atoms with Crippen molar-refractivity contribution in [3.8, 4) is 16.5 Å². The van der Waals surface area contributed by atoms with Crippen LogP contribution in [-0.2, 0) is 6.54 Å². The van der Waals surface area contributed by atoms with Crippen molar-refractivity contribution < 1.29 is 9.15 Å². The number of aryl methyl sites for hydroxylation is 1. The Balaban J connectivity index is 1.38. The van der Waals surface area contributed by atoms with Gasteiger partial charge in [-0.3, -0.25) is 4.90 Å². The van der Waals surface area contributed by atoms with E-state index in [4.69, 9.17) is 9.15 Å². The Morgan fingerprint density at radius 2 is 2.00 bits per heavy atom. The third-order valence-electron chi connectivity index (χ3n) is 5.02. The molecule has 1 aliphatic heterocycles. The Morgan fingerprint density at radius 1 is 1.19 bits per heavy atom. The molecule has 0 atom stereocenters. The van der Waals surface area contributed by atoms with Crippen LogP contribution in [0.15, 0.2) is 40.1 Å². The number of likely N-dealkylation sites (tertiary alicyclic amines) is 1. The van der Waals surface area contributed by atoms with Gasteiger partial charge in [-0.05, 0) is 55.9 Å². The van der Waals surface area contributed by atoms with E-state index in [0.717, 1.165) is 49.0 Å². The van der Waals surface area contributed by atoms with Crippen molar-refractivity contribution in [1.82, 2.24) is 15.1 Å². The molecule has 2 aromatic heterocycles. The number of rotatable bonds is 5. The van der Waals surface area contributed by atoms with Gasteiger partial charge >= 0.3 is 0 Å². The van der Waals surface area contributed by atoms with Gasteiger partial charge in [-0.15, -0.1) is 21.5 Å². The quantitative estimate of drug-likeness (QED) is 0.663. The summed E-state index contributed by atoms with van der Waals surface area (Å²) < 4.78 is 11.5. The normalized spacial score (nSPS) is 16.1. The Hall–Kier alpha value is -2.18. The third-order valence-corrected chi connectivity index (χ3v) is 6.02. The van der Waals surface area contributed by atoms with Gasteiger partial charge in [-0.2, -0.15) is 0 Å². The molecule has 0 saturated carbocycles. The van der Waals surface area contributed by atoms with Gasteiger partial charge in [0.25, 0.3) is 5.89 Å². The number of hydrogen-bond donors (Lipinski definition) is 0. The third kappa shape index (κ3) is 3.52. The Labute approximate surface area is 157 Å². The van der Waals surface area contributed by atoms with Gasteiger partial charge in [-0.1, -0.05) is 18.2 Å². The number of aromatic nitrogens is 2. The number of methoxy groups -OCH3 is 1. The zero-order valence-corrected chi connectivity index (χ0v) is 16.0. The number of hydrogen-bond acceptors (Lipinski definition) is 6. The summed E-state index contributed by atoms with van der Waals surface area (Å²) in [5.41, 5.74) is 2.43. The van der Waals surface area contributed by atoms with Crippen LogP contribution in [0.25, 0.3) is 10.8 Å². The first-order valence-electron chi connectivity index (χ1n) is 8.96. The fourth-order valence-corrected chi connectivity index (χ4v) is 4.34. The van der Waals surface area contributed by atoms with Gasteiger partial charge in [0.15, 0.2) is 0 Å². The van der Waals surface area contributed by atoms with Crippen LogP contribution in [0.2, 0.25) is 0 Å². The minimum absolute atomic E-state index is 0.352. The van der Waals surface area contributed by atoms with Crippen LogP contribution in [0, 0.1) is 6.92 Å². The molecule has 0 unspecified atom stereocenters. The summed E-state index contributed by atoms with van der Waals surface area (Å²) in [6.07, 6.45) is 2.08. The molecule has 0 N–H and O–H groups in total. The zero-order valence-electron chi connectivity index (χ0n) is 15.1. The predicted molar refractivity (Wildman–Crippen MR) is 103 cm³/mol. The minimum atomic E-state index is 0.352. The largest absolute Gasteiger partial charge is 0.496 e. The van der Waals surface area contributed by atoms with Crippen LogP contribution >= 0.6 is 11.3 Å². The molecular formula is C20H23N3O2S. The molecule has 4 rings (SSSR count). The van der Waals surface area contributed by atoms with E-state index in [0.29, 0.717) is 11.8 Å². The van der Waals surface area contributed by atoms with Gasteiger partial charge in [0.2, 0.25) is 5.89 Å². The van der Waals surface area contributed by atoms with E-state index in [1.807, 2.05) is 12.1 Å². The van der Waals surface area contributed by atoms with E-state index >= 15 is 0 Å². The highest BCUT2D eigenvalue weighted by atomic mass is 32.1. The molecule has 26 heavy (non-hydrogen) atoms. The summed E-state index contributed by atoms with van der Waals surface area (Å²) >= 11 is 1.65. The molecule has 0 spiro atoms. The summed E-state index contributed by atoms with van der Waals surface area (Å²) in [5, 5.41) is 10.7. The van der Waals surface area contributed by atoms with E-state index in [9.17, 15) is 0 Å². The Kier molecular flexibility index (Phi) is 5.04. The molecule has 3 aromatic rings. The predicted octanol–water partition coefficient (Wildman–Crippen LogP) is 4.49. The lowest BCUT2D eigenvalue weighted by Gasteiger charge is -2.30. The number of benzene rings is 1. The molecule has 0 radical (unpaired) electrons. The van der Waals surface area contributed by atoms with Crippen molar-refractivity contribution in [3.05, 3.63) is 52.7 Å². The molecule has 0 bridgehead atoms. The first kappa shape index (κ1) is 17.2. The summed E-state index contributed by atoms with van der Waals surface area (Å²) in [4.78, 5) is 3.55. The van der Waals surface area contributed by atoms with Gasteiger partial charge in [-0.25, -0.2) is 0 Å². The summed E-state index contributed by atoms with van der Waals surface area (Å²) in [6, 6.07) is 10.3. The van der Waals surface area contributed by atoms with E-state index < -0.39 is 0 Å². The minimum Gasteiger partial charge on any atom is -0.496 e. The summed E-state index contributed by atoms with van der Waals surface area (Å²) in [5.74, 6) is 2.75. The molecule has 0 amide bonds. The lowest BCUT2D eigenvalue weighted by molar-refractivity contribution is 0.191. The lowest BCUT2D eigenvalue weighted by atomic mass is 9.96. The van der Waals surface area contributed by atoms with Crippen LogP contribution in [0.3, 0.4) is 0 Å². The van der Waals surface area contributed by atoms with E-state index in [-0.39, 0.29) is 0 Å². The SMILES string of the molecule is COc1ccccc1CN1CCC(c2nnc(-c3sccc3C)o2)CC1. The summed E-state index contributed by atoms with van der Waals surface area (Å²) in [6.45, 7) is 5.04. The van der Waals surface area contributed by atoms with Crippen molar-refractivity contribution in [2.75, 3.05) is 20.2 Å². The highest BCUT2D eigenvalue weighted by Crippen LogP contribution is 2.33. The Morgan fingerprint density at radius 3 is 2.73 bits per heavy atom. The van der Waals surface area contributed by atoms with E-state index in [1.54, 1.807) is 18.4 Å². The van der Waals surface area contributed by atoms with Crippen molar-refractivity contribution in [1.29, 1.82) is 0 Å². The molecule has 136 valence electrons. The van der Waals surface area contributed by atoms with Gasteiger partial charge < -0.3 is 9.15 Å². The second-order valence-electron chi connectivity index (χ2n) is 6.74. The van der Waals surface area contributed by atoms with Gasteiger partial charge in [0.1, 0.15) is 5.75 Å². The standard InChI is InChI=1S/C20H23N3O2S/c1-14-9-12-26-18(14)20-22-21-19(25-20)15-7-10-23(11-8-15)13-16-5-3-4-6-17(16)24-2/h3-6,9,12,15H,7-8,10-11,13H2,1-2H3. The average molecular weight is 369 g/mol. The van der Waals surface area contributed by atoms with Crippen molar-refractivity contribution >= 4 is 11.3 Å². The zero-order chi connectivity index (χ0) is 17.9. The first-order valence-corrected chi connectivity index (χ1v) is 9.84. The second kappa shape index (κ2) is 7.60. The van der Waals surface area contributed by atoms with Gasteiger partial charge in [0, 0.05) is 18.0 Å². The van der Waals surface area contributed by atoms with Crippen molar-refractivity contribution in [2.24, 2.45) is 0 Å². The second-order valence-corrected chi connectivity index (χ2v) is 7.66. The van der Waals surface area contributed by atoms with Crippen LogP contribution in [0.5, 0.6) is 5.75 Å². The molecule has 1 saturated heterocycles. The highest BCUT2D eigenvalue weighted by Gasteiger charge is 2.26. The maximum absolute atomic E-state index is 5.99. The lowest BCUT2D eigenvalue weighted by Crippen LogP contribution is -2.32. The van der Waals surface area contributed by atoms with Crippen LogP contribution in [0.4, 0.5) is 0 Å². The monoisotopic (exact) mass is 369 g/mol. The molecule has 6 heteroatoms. The Bertz CT molecular complexity index is 865. The van der Waals surface area contributed by atoms with E-state index in [1.165, 1.54) is 11.1 Å². The smallest absolute Gasteiger partial charge is 0.258 e. The molecule has 1 aromatic carbocycles. The van der Waals surface area contributed by atoms with Crippen molar-refractivity contribution in [2.45, 2.75) is 32.2 Å². The fraction of sp³-hybridized carbons (Fsp3) is 0.400. The molecular weight excluding hydrogens is 346 g/mol. The number of nitrogens with zero attached hydrogens (tertiary/aromatic N) is 3. The first-order chi connectivity index (χ1) is 12.7.